The second-order valence-electron chi connectivity index (χ2n) is 2.77. The number of rotatable bonds is 2. The van der Waals surface area contributed by atoms with Crippen molar-refractivity contribution in [3.05, 3.63) is 35.8 Å². The van der Waals surface area contributed by atoms with Crippen molar-refractivity contribution in [2.45, 2.75) is 19.9 Å². The molecule has 1 aromatic rings. The van der Waals surface area contributed by atoms with E-state index in [1.54, 1.807) is 0 Å². The fraction of sp³-hybridized carbons (Fsp3) is 0.333. The van der Waals surface area contributed by atoms with Crippen molar-refractivity contribution >= 4 is 0 Å². The maximum atomic E-state index is 5.76. The smallest absolute Gasteiger partial charge is 0.125 e. The van der Waals surface area contributed by atoms with Crippen LogP contribution in [0.2, 0.25) is 0 Å². The zero-order chi connectivity index (χ0) is 8.43. The van der Waals surface area contributed by atoms with Gasteiger partial charge in [-0.1, -0.05) is 12.2 Å². The number of hydrogen-bond acceptors (Lipinski definition) is 2. The second kappa shape index (κ2) is 2.93. The molecule has 0 saturated heterocycles. The lowest BCUT2D eigenvalue weighted by molar-refractivity contribution is 0.464. The molecule has 0 aliphatic carbocycles. The van der Waals surface area contributed by atoms with Gasteiger partial charge in [0.1, 0.15) is 11.5 Å². The highest BCUT2D eigenvalue weighted by Crippen LogP contribution is 2.18. The maximum absolute atomic E-state index is 5.76. The molecule has 0 unspecified atom stereocenters. The van der Waals surface area contributed by atoms with E-state index in [0.717, 1.165) is 17.1 Å². The van der Waals surface area contributed by atoms with E-state index in [9.17, 15) is 0 Å². The van der Waals surface area contributed by atoms with Crippen LogP contribution >= 0.6 is 0 Å². The van der Waals surface area contributed by atoms with Gasteiger partial charge in [0.2, 0.25) is 0 Å². The molecule has 1 heterocycles. The Hall–Kier alpha value is -1.02. The fourth-order valence-corrected chi connectivity index (χ4v) is 0.863. The van der Waals surface area contributed by atoms with Crippen molar-refractivity contribution in [1.82, 2.24) is 0 Å². The summed E-state index contributed by atoms with van der Waals surface area (Å²) in [5.74, 6) is 1.67. The molecule has 0 saturated carbocycles. The SMILES string of the molecule is C=C(C)[C@@H](N)c1ccc(C)o1. The standard InChI is InChI=1S/C9H13NO/c1-6(2)9(10)8-5-4-7(3)11-8/h4-5,9H,1,10H2,2-3H3/t9-/m1/s1. The highest BCUT2D eigenvalue weighted by molar-refractivity contribution is 5.17. The monoisotopic (exact) mass is 151 g/mol. The quantitative estimate of drug-likeness (QED) is 0.658. The molecule has 0 amide bonds. The lowest BCUT2D eigenvalue weighted by Gasteiger charge is -2.06. The Balaban J connectivity index is 2.84. The molecule has 1 aromatic heterocycles. The Morgan fingerprint density at radius 2 is 2.27 bits per heavy atom. The van der Waals surface area contributed by atoms with E-state index in [-0.39, 0.29) is 6.04 Å². The van der Waals surface area contributed by atoms with E-state index in [1.165, 1.54) is 0 Å². The molecule has 1 atom stereocenters. The van der Waals surface area contributed by atoms with Crippen molar-refractivity contribution in [1.29, 1.82) is 0 Å². The topological polar surface area (TPSA) is 39.2 Å². The molecule has 0 fully saturated rings. The van der Waals surface area contributed by atoms with Gasteiger partial charge in [0.25, 0.3) is 0 Å². The van der Waals surface area contributed by atoms with Gasteiger partial charge in [-0.25, -0.2) is 0 Å². The van der Waals surface area contributed by atoms with Gasteiger partial charge in [0, 0.05) is 0 Å². The highest BCUT2D eigenvalue weighted by Gasteiger charge is 2.09. The van der Waals surface area contributed by atoms with E-state index in [0.29, 0.717) is 0 Å². The van der Waals surface area contributed by atoms with Crippen molar-refractivity contribution < 1.29 is 4.42 Å². The summed E-state index contributed by atoms with van der Waals surface area (Å²) in [6.45, 7) is 7.54. The summed E-state index contributed by atoms with van der Waals surface area (Å²) < 4.78 is 5.32. The first-order chi connectivity index (χ1) is 5.11. The minimum absolute atomic E-state index is 0.163. The molecule has 0 radical (unpaired) electrons. The third-order valence-electron chi connectivity index (χ3n) is 1.60. The first-order valence-corrected chi connectivity index (χ1v) is 3.58. The van der Waals surface area contributed by atoms with Gasteiger partial charge in [-0.05, 0) is 26.0 Å². The van der Waals surface area contributed by atoms with E-state index >= 15 is 0 Å². The highest BCUT2D eigenvalue weighted by atomic mass is 16.3. The average Bonchev–Trinajstić information content (AvgIpc) is 2.34. The van der Waals surface area contributed by atoms with Gasteiger partial charge >= 0.3 is 0 Å². The van der Waals surface area contributed by atoms with Crippen LogP contribution in [0.25, 0.3) is 0 Å². The summed E-state index contributed by atoms with van der Waals surface area (Å²) in [5.41, 5.74) is 6.67. The zero-order valence-electron chi connectivity index (χ0n) is 6.92. The molecule has 1 rings (SSSR count). The predicted molar refractivity (Wildman–Crippen MR) is 45.2 cm³/mol. The Morgan fingerprint density at radius 1 is 1.64 bits per heavy atom. The van der Waals surface area contributed by atoms with Crippen molar-refractivity contribution in [3.8, 4) is 0 Å². The van der Waals surface area contributed by atoms with Crippen LogP contribution in [0, 0.1) is 6.92 Å². The molecule has 0 spiro atoms. The zero-order valence-corrected chi connectivity index (χ0v) is 6.92. The molecule has 0 bridgehead atoms. The van der Waals surface area contributed by atoms with Crippen LogP contribution in [0.5, 0.6) is 0 Å². The molecule has 2 heteroatoms. The third kappa shape index (κ3) is 1.71. The van der Waals surface area contributed by atoms with Crippen LogP contribution in [0.15, 0.2) is 28.7 Å². The molecular weight excluding hydrogens is 138 g/mol. The van der Waals surface area contributed by atoms with Gasteiger partial charge < -0.3 is 10.2 Å². The number of aryl methyl sites for hydroxylation is 1. The van der Waals surface area contributed by atoms with E-state index in [2.05, 4.69) is 6.58 Å². The minimum atomic E-state index is -0.163. The maximum Gasteiger partial charge on any atom is 0.125 e. The van der Waals surface area contributed by atoms with Crippen LogP contribution in [-0.4, -0.2) is 0 Å². The first-order valence-electron chi connectivity index (χ1n) is 3.58. The summed E-state index contributed by atoms with van der Waals surface area (Å²) in [5, 5.41) is 0. The van der Waals surface area contributed by atoms with Crippen LogP contribution in [0.1, 0.15) is 24.5 Å². The normalized spacial score (nSPS) is 13.0. The van der Waals surface area contributed by atoms with E-state index in [4.69, 9.17) is 10.2 Å². The van der Waals surface area contributed by atoms with Crippen LogP contribution in [0.4, 0.5) is 0 Å². The van der Waals surface area contributed by atoms with Crippen molar-refractivity contribution in [2.75, 3.05) is 0 Å². The minimum Gasteiger partial charge on any atom is -0.464 e. The summed E-state index contributed by atoms with van der Waals surface area (Å²) in [6, 6.07) is 3.62. The number of hydrogen-bond donors (Lipinski definition) is 1. The Kier molecular flexibility index (Phi) is 2.15. The number of furan rings is 1. The predicted octanol–water partition coefficient (Wildman–Crippen LogP) is 2.16. The Bertz CT molecular complexity index is 262. The van der Waals surface area contributed by atoms with Crippen LogP contribution < -0.4 is 5.73 Å². The molecule has 11 heavy (non-hydrogen) atoms. The van der Waals surface area contributed by atoms with E-state index < -0.39 is 0 Å². The lowest BCUT2D eigenvalue weighted by Crippen LogP contribution is -2.09. The second-order valence-corrected chi connectivity index (χ2v) is 2.77. The molecular formula is C9H13NO. The van der Waals surface area contributed by atoms with Crippen molar-refractivity contribution in [3.63, 3.8) is 0 Å². The molecule has 60 valence electrons. The fourth-order valence-electron chi connectivity index (χ4n) is 0.863. The lowest BCUT2D eigenvalue weighted by atomic mass is 10.1. The van der Waals surface area contributed by atoms with Gasteiger partial charge in [-0.2, -0.15) is 0 Å². The largest absolute Gasteiger partial charge is 0.464 e. The molecule has 0 aliphatic rings. The molecule has 2 N–H and O–H groups in total. The Morgan fingerprint density at radius 3 is 2.64 bits per heavy atom. The summed E-state index contributed by atoms with van der Waals surface area (Å²) >= 11 is 0. The molecule has 0 aromatic carbocycles. The van der Waals surface area contributed by atoms with Crippen molar-refractivity contribution in [2.24, 2.45) is 5.73 Å². The summed E-state index contributed by atoms with van der Waals surface area (Å²) in [4.78, 5) is 0. The van der Waals surface area contributed by atoms with Gasteiger partial charge in [0.15, 0.2) is 0 Å². The molecule has 2 nitrogen and oxygen atoms in total. The first kappa shape index (κ1) is 8.08. The van der Waals surface area contributed by atoms with Gasteiger partial charge in [0.05, 0.1) is 6.04 Å². The third-order valence-corrected chi connectivity index (χ3v) is 1.60. The van der Waals surface area contributed by atoms with Gasteiger partial charge in [-0.3, -0.25) is 0 Å². The molecule has 0 aliphatic heterocycles. The van der Waals surface area contributed by atoms with Crippen LogP contribution in [-0.2, 0) is 0 Å². The van der Waals surface area contributed by atoms with Crippen LogP contribution in [0.3, 0.4) is 0 Å². The summed E-state index contributed by atoms with van der Waals surface area (Å²) in [6.07, 6.45) is 0. The van der Waals surface area contributed by atoms with E-state index in [1.807, 2.05) is 26.0 Å². The summed E-state index contributed by atoms with van der Waals surface area (Å²) in [7, 11) is 0. The number of nitrogens with two attached hydrogens (primary N) is 1. The van der Waals surface area contributed by atoms with Gasteiger partial charge in [-0.15, -0.1) is 0 Å². The average molecular weight is 151 g/mol. The Labute approximate surface area is 66.7 Å².